The molecule has 1 aromatic rings. The maximum atomic E-state index is 10.5. The Balaban J connectivity index is 2.99. The molecule has 4 heteroatoms. The van der Waals surface area contributed by atoms with E-state index < -0.39 is 5.60 Å². The van der Waals surface area contributed by atoms with Crippen LogP contribution in [0.5, 0.6) is 0 Å². The topological polar surface area (TPSA) is 38.1 Å². The first-order chi connectivity index (χ1) is 7.53. The lowest BCUT2D eigenvalue weighted by Crippen LogP contribution is -2.26. The van der Waals surface area contributed by atoms with Crippen molar-refractivity contribution < 1.29 is 5.11 Å². The summed E-state index contributed by atoms with van der Waals surface area (Å²) in [7, 11) is 0. The molecule has 1 heterocycles. The van der Waals surface area contributed by atoms with Gasteiger partial charge in [-0.2, -0.15) is 5.10 Å². The van der Waals surface area contributed by atoms with Crippen molar-refractivity contribution in [1.82, 2.24) is 9.78 Å². The van der Waals surface area contributed by atoms with Crippen LogP contribution in [-0.2, 0) is 12.1 Å². The van der Waals surface area contributed by atoms with Crippen LogP contribution in [0, 0.1) is 0 Å². The van der Waals surface area contributed by atoms with Gasteiger partial charge in [-0.25, -0.2) is 0 Å². The van der Waals surface area contributed by atoms with Gasteiger partial charge in [0, 0.05) is 6.54 Å². The van der Waals surface area contributed by atoms with Gasteiger partial charge in [0.05, 0.1) is 16.4 Å². The Labute approximate surface area is 105 Å². The third-order valence-electron chi connectivity index (χ3n) is 2.58. The van der Waals surface area contributed by atoms with Gasteiger partial charge in [-0.3, -0.25) is 4.68 Å². The van der Waals surface area contributed by atoms with Crippen molar-refractivity contribution in [2.45, 2.75) is 45.3 Å². The van der Waals surface area contributed by atoms with Crippen molar-refractivity contribution >= 4 is 15.9 Å². The highest BCUT2D eigenvalue weighted by atomic mass is 79.9. The first-order valence-electron chi connectivity index (χ1n) is 5.58. The fourth-order valence-electron chi connectivity index (χ4n) is 1.78. The lowest BCUT2D eigenvalue weighted by atomic mass is 9.96. The van der Waals surface area contributed by atoms with E-state index in [9.17, 15) is 5.11 Å². The molecule has 16 heavy (non-hydrogen) atoms. The number of nitrogens with zero attached hydrogens (tertiary/aromatic N) is 2. The van der Waals surface area contributed by atoms with Crippen molar-refractivity contribution in [3.8, 4) is 0 Å². The van der Waals surface area contributed by atoms with E-state index in [4.69, 9.17) is 0 Å². The van der Waals surface area contributed by atoms with Crippen LogP contribution in [0.2, 0.25) is 0 Å². The van der Waals surface area contributed by atoms with Crippen molar-refractivity contribution in [1.29, 1.82) is 0 Å². The number of allylic oxidation sites excluding steroid dienone is 1. The van der Waals surface area contributed by atoms with E-state index in [2.05, 4.69) is 34.5 Å². The maximum Gasteiger partial charge on any atom is 0.105 e. The SMILES string of the molecule is C=CCCC(C)(O)c1c(Br)cnn1CCC. The Morgan fingerprint density at radius 2 is 2.38 bits per heavy atom. The molecule has 0 amide bonds. The molecular weight excluding hydrogens is 268 g/mol. The van der Waals surface area contributed by atoms with Gasteiger partial charge in [-0.05, 0) is 42.1 Å². The zero-order chi connectivity index (χ0) is 12.2. The molecule has 3 nitrogen and oxygen atoms in total. The Morgan fingerprint density at radius 3 is 2.94 bits per heavy atom. The molecule has 0 spiro atoms. The summed E-state index contributed by atoms with van der Waals surface area (Å²) in [5.74, 6) is 0. The number of aliphatic hydroxyl groups is 1. The molecule has 0 aromatic carbocycles. The second kappa shape index (κ2) is 5.64. The van der Waals surface area contributed by atoms with Crippen LogP contribution < -0.4 is 0 Å². The van der Waals surface area contributed by atoms with Crippen LogP contribution in [0.15, 0.2) is 23.3 Å². The van der Waals surface area contributed by atoms with Crippen LogP contribution in [0.4, 0.5) is 0 Å². The molecule has 1 aromatic heterocycles. The highest BCUT2D eigenvalue weighted by molar-refractivity contribution is 9.10. The average molecular weight is 287 g/mol. The van der Waals surface area contributed by atoms with Crippen molar-refractivity contribution in [2.75, 3.05) is 0 Å². The third-order valence-corrected chi connectivity index (χ3v) is 3.16. The fraction of sp³-hybridized carbons (Fsp3) is 0.583. The van der Waals surface area contributed by atoms with E-state index in [1.165, 1.54) is 0 Å². The molecule has 0 saturated carbocycles. The summed E-state index contributed by atoms with van der Waals surface area (Å²) in [6, 6.07) is 0. The third kappa shape index (κ3) is 2.95. The molecule has 1 atom stereocenters. The summed E-state index contributed by atoms with van der Waals surface area (Å²) >= 11 is 3.45. The Morgan fingerprint density at radius 1 is 1.69 bits per heavy atom. The van der Waals surface area contributed by atoms with E-state index in [1.807, 2.05) is 17.7 Å². The summed E-state index contributed by atoms with van der Waals surface area (Å²) < 4.78 is 2.74. The van der Waals surface area contributed by atoms with Crippen LogP contribution >= 0.6 is 15.9 Å². The minimum absolute atomic E-state index is 0.657. The largest absolute Gasteiger partial charge is 0.384 e. The summed E-state index contributed by atoms with van der Waals surface area (Å²) in [5.41, 5.74) is -0.00481. The number of hydrogen-bond donors (Lipinski definition) is 1. The molecule has 0 aliphatic heterocycles. The van der Waals surface area contributed by atoms with Crippen molar-refractivity contribution in [2.24, 2.45) is 0 Å². The van der Waals surface area contributed by atoms with Crippen LogP contribution in [0.25, 0.3) is 0 Å². The number of hydrogen-bond acceptors (Lipinski definition) is 2. The molecule has 0 aliphatic rings. The van der Waals surface area contributed by atoms with Crippen LogP contribution in [0.3, 0.4) is 0 Å². The molecular formula is C12H19BrN2O. The molecule has 1 N–H and O–H groups in total. The van der Waals surface area contributed by atoms with Gasteiger partial charge in [0.25, 0.3) is 0 Å². The summed E-state index contributed by atoms with van der Waals surface area (Å²) in [6.45, 7) is 8.42. The number of halogens is 1. The Hall–Kier alpha value is -0.610. The standard InChI is InChI=1S/C12H19BrN2O/c1-4-6-7-12(3,16)11-10(13)9-14-15(11)8-5-2/h4,9,16H,1,5-8H2,2-3H3. The molecule has 0 bridgehead atoms. The van der Waals surface area contributed by atoms with E-state index in [0.717, 1.165) is 29.6 Å². The maximum absolute atomic E-state index is 10.5. The van der Waals surface area contributed by atoms with E-state index in [0.29, 0.717) is 6.42 Å². The quantitative estimate of drug-likeness (QED) is 0.816. The number of aryl methyl sites for hydroxylation is 1. The second-order valence-electron chi connectivity index (χ2n) is 4.17. The summed E-state index contributed by atoms with van der Waals surface area (Å²) in [6.07, 6.45) is 6.01. The van der Waals surface area contributed by atoms with Crippen molar-refractivity contribution in [3.63, 3.8) is 0 Å². The minimum Gasteiger partial charge on any atom is -0.384 e. The van der Waals surface area contributed by atoms with E-state index in [1.54, 1.807) is 6.20 Å². The monoisotopic (exact) mass is 286 g/mol. The van der Waals surface area contributed by atoms with Gasteiger partial charge >= 0.3 is 0 Å². The first kappa shape index (κ1) is 13.5. The minimum atomic E-state index is -0.862. The Bertz CT molecular complexity index is 358. The van der Waals surface area contributed by atoms with Crippen LogP contribution in [-0.4, -0.2) is 14.9 Å². The van der Waals surface area contributed by atoms with Gasteiger partial charge in [0.2, 0.25) is 0 Å². The molecule has 90 valence electrons. The highest BCUT2D eigenvalue weighted by Gasteiger charge is 2.29. The lowest BCUT2D eigenvalue weighted by Gasteiger charge is -2.24. The molecule has 1 rings (SSSR count). The zero-order valence-corrected chi connectivity index (χ0v) is 11.5. The first-order valence-corrected chi connectivity index (χ1v) is 6.37. The van der Waals surface area contributed by atoms with Gasteiger partial charge in [-0.15, -0.1) is 6.58 Å². The number of aromatic nitrogens is 2. The summed E-state index contributed by atoms with van der Waals surface area (Å²) in [5, 5.41) is 14.7. The van der Waals surface area contributed by atoms with Gasteiger partial charge in [0.1, 0.15) is 5.60 Å². The van der Waals surface area contributed by atoms with Crippen molar-refractivity contribution in [3.05, 3.63) is 29.0 Å². The van der Waals surface area contributed by atoms with Gasteiger partial charge in [0.15, 0.2) is 0 Å². The predicted octanol–water partition coefficient (Wildman–Crippen LogP) is 3.23. The van der Waals surface area contributed by atoms with E-state index in [-0.39, 0.29) is 0 Å². The smallest absolute Gasteiger partial charge is 0.105 e. The lowest BCUT2D eigenvalue weighted by molar-refractivity contribution is 0.0384. The molecule has 0 aliphatic carbocycles. The molecule has 0 fully saturated rings. The van der Waals surface area contributed by atoms with Gasteiger partial charge < -0.3 is 5.11 Å². The Kier molecular flexibility index (Phi) is 4.74. The fourth-order valence-corrected chi connectivity index (χ4v) is 2.50. The highest BCUT2D eigenvalue weighted by Crippen LogP contribution is 2.32. The summed E-state index contributed by atoms with van der Waals surface area (Å²) in [4.78, 5) is 0. The second-order valence-corrected chi connectivity index (χ2v) is 5.02. The van der Waals surface area contributed by atoms with Crippen LogP contribution in [0.1, 0.15) is 38.8 Å². The number of rotatable bonds is 6. The normalized spacial score (nSPS) is 14.8. The molecule has 1 unspecified atom stereocenters. The molecule has 0 saturated heterocycles. The van der Waals surface area contributed by atoms with E-state index >= 15 is 0 Å². The average Bonchev–Trinajstić information content (AvgIpc) is 2.58. The zero-order valence-electron chi connectivity index (χ0n) is 9.91. The molecule has 0 radical (unpaired) electrons. The predicted molar refractivity (Wildman–Crippen MR) is 69.2 cm³/mol. The van der Waals surface area contributed by atoms with Gasteiger partial charge in [-0.1, -0.05) is 13.0 Å².